The average Bonchev–Trinajstić information content (AvgIpc) is 2.65. The van der Waals surface area contributed by atoms with Crippen molar-refractivity contribution >= 4 is 11.7 Å². The molecule has 3 heterocycles. The van der Waals surface area contributed by atoms with Gasteiger partial charge in [-0.25, -0.2) is 9.97 Å². The Labute approximate surface area is 146 Å². The minimum atomic E-state index is -0.129. The number of hydrogen-bond acceptors (Lipinski definition) is 5. The number of carbonyl (C=O) groups is 1. The molecule has 132 valence electrons. The molecule has 2 aromatic rings. The van der Waals surface area contributed by atoms with Crippen molar-refractivity contribution < 1.29 is 4.79 Å². The molecule has 0 bridgehead atoms. The number of aryl methyl sites for hydroxylation is 1. The largest absolute Gasteiger partial charge is 0.359 e. The molecule has 1 aliphatic heterocycles. The van der Waals surface area contributed by atoms with Crippen molar-refractivity contribution in [3.63, 3.8) is 0 Å². The Bertz CT molecular complexity index is 828. The summed E-state index contributed by atoms with van der Waals surface area (Å²) in [5.74, 6) is 1.44. The molecule has 2 N–H and O–H groups in total. The Morgan fingerprint density at radius 1 is 1.36 bits per heavy atom. The van der Waals surface area contributed by atoms with E-state index in [0.29, 0.717) is 23.6 Å². The van der Waals surface area contributed by atoms with Gasteiger partial charge in [0.2, 0.25) is 5.91 Å². The summed E-state index contributed by atoms with van der Waals surface area (Å²) in [6.07, 6.45) is 3.58. The van der Waals surface area contributed by atoms with Crippen LogP contribution in [0.2, 0.25) is 0 Å². The zero-order valence-corrected chi connectivity index (χ0v) is 14.8. The van der Waals surface area contributed by atoms with Crippen molar-refractivity contribution in [3.8, 4) is 11.4 Å². The molecule has 25 heavy (non-hydrogen) atoms. The molecule has 0 radical (unpaired) electrons. The van der Waals surface area contributed by atoms with Crippen molar-refractivity contribution in [1.82, 2.24) is 20.3 Å². The van der Waals surface area contributed by atoms with E-state index >= 15 is 0 Å². The van der Waals surface area contributed by atoms with Crippen LogP contribution in [0.15, 0.2) is 23.1 Å². The van der Waals surface area contributed by atoms with Gasteiger partial charge in [-0.1, -0.05) is 0 Å². The first-order chi connectivity index (χ1) is 12.0. The van der Waals surface area contributed by atoms with Gasteiger partial charge in [-0.2, -0.15) is 0 Å². The molecule has 1 aliphatic rings. The van der Waals surface area contributed by atoms with E-state index in [4.69, 9.17) is 0 Å². The average molecular weight is 341 g/mol. The van der Waals surface area contributed by atoms with Gasteiger partial charge in [0.15, 0.2) is 0 Å². The highest BCUT2D eigenvalue weighted by Crippen LogP contribution is 2.23. The normalized spacial score (nSPS) is 17.4. The van der Waals surface area contributed by atoms with Crippen LogP contribution in [0.3, 0.4) is 0 Å². The molecule has 1 fully saturated rings. The lowest BCUT2D eigenvalue weighted by atomic mass is 9.97. The van der Waals surface area contributed by atoms with Gasteiger partial charge in [-0.05, 0) is 38.8 Å². The first-order valence-electron chi connectivity index (χ1n) is 8.50. The maximum Gasteiger partial charge on any atom is 0.254 e. The molecule has 0 saturated carbocycles. The number of aromatic amines is 1. The number of anilines is 1. The summed E-state index contributed by atoms with van der Waals surface area (Å²) >= 11 is 0. The Hall–Kier alpha value is -2.70. The topological polar surface area (TPSA) is 91.0 Å². The van der Waals surface area contributed by atoms with Crippen molar-refractivity contribution in [2.75, 3.05) is 25.0 Å². The van der Waals surface area contributed by atoms with E-state index in [1.165, 1.54) is 0 Å². The number of rotatable bonds is 3. The number of aromatic nitrogens is 3. The van der Waals surface area contributed by atoms with Gasteiger partial charge >= 0.3 is 0 Å². The van der Waals surface area contributed by atoms with Crippen LogP contribution in [0, 0.1) is 19.8 Å². The summed E-state index contributed by atoms with van der Waals surface area (Å²) in [4.78, 5) is 37.6. The van der Waals surface area contributed by atoms with Gasteiger partial charge in [-0.3, -0.25) is 9.59 Å². The number of piperidine rings is 1. The van der Waals surface area contributed by atoms with Gasteiger partial charge in [0.1, 0.15) is 11.6 Å². The second-order valence-corrected chi connectivity index (χ2v) is 6.43. The third-order valence-electron chi connectivity index (χ3n) is 4.78. The van der Waals surface area contributed by atoms with Crippen LogP contribution in [0.4, 0.5) is 5.82 Å². The SMILES string of the molecule is CNC(=O)C1CCCN(c2ccc(-c3nc(C)c(C)c(=O)[nH]3)cn2)C1. The first kappa shape index (κ1) is 17.1. The number of pyridine rings is 1. The van der Waals surface area contributed by atoms with Crippen molar-refractivity contribution in [2.45, 2.75) is 26.7 Å². The number of hydrogen-bond donors (Lipinski definition) is 2. The molecule has 1 amide bonds. The smallest absolute Gasteiger partial charge is 0.254 e. The van der Waals surface area contributed by atoms with Gasteiger partial charge in [-0.15, -0.1) is 0 Å². The molecule has 1 atom stereocenters. The molecule has 7 nitrogen and oxygen atoms in total. The minimum absolute atomic E-state index is 0.00186. The molecule has 1 unspecified atom stereocenters. The zero-order valence-electron chi connectivity index (χ0n) is 14.8. The van der Waals surface area contributed by atoms with Crippen molar-refractivity contribution in [2.24, 2.45) is 5.92 Å². The number of amides is 1. The Morgan fingerprint density at radius 2 is 2.16 bits per heavy atom. The lowest BCUT2D eigenvalue weighted by Gasteiger charge is -2.32. The summed E-state index contributed by atoms with van der Waals surface area (Å²) in [5.41, 5.74) is 1.98. The van der Waals surface area contributed by atoms with E-state index in [1.807, 2.05) is 19.1 Å². The molecule has 0 aromatic carbocycles. The lowest BCUT2D eigenvalue weighted by Crippen LogP contribution is -2.42. The van der Waals surface area contributed by atoms with Crippen molar-refractivity contribution in [3.05, 3.63) is 39.9 Å². The van der Waals surface area contributed by atoms with Crippen LogP contribution in [0.1, 0.15) is 24.1 Å². The van der Waals surface area contributed by atoms with Gasteiger partial charge in [0, 0.05) is 43.2 Å². The third-order valence-corrected chi connectivity index (χ3v) is 4.78. The number of H-pyrrole nitrogens is 1. The molecule has 0 spiro atoms. The Kier molecular flexibility index (Phi) is 4.83. The number of nitrogens with one attached hydrogen (secondary N) is 2. The van der Waals surface area contributed by atoms with E-state index in [1.54, 1.807) is 20.2 Å². The fraction of sp³-hybridized carbons (Fsp3) is 0.444. The van der Waals surface area contributed by atoms with E-state index < -0.39 is 0 Å². The van der Waals surface area contributed by atoms with E-state index in [9.17, 15) is 9.59 Å². The molecule has 0 aliphatic carbocycles. The minimum Gasteiger partial charge on any atom is -0.359 e. The Morgan fingerprint density at radius 3 is 2.80 bits per heavy atom. The zero-order chi connectivity index (χ0) is 18.0. The lowest BCUT2D eigenvalue weighted by molar-refractivity contribution is -0.124. The predicted molar refractivity (Wildman–Crippen MR) is 96.6 cm³/mol. The molecular formula is C18H23N5O2. The highest BCUT2D eigenvalue weighted by atomic mass is 16.1. The summed E-state index contributed by atoms with van der Waals surface area (Å²) < 4.78 is 0. The highest BCUT2D eigenvalue weighted by Gasteiger charge is 2.25. The predicted octanol–water partition coefficient (Wildman–Crippen LogP) is 1.41. The van der Waals surface area contributed by atoms with Gasteiger partial charge in [0.25, 0.3) is 5.56 Å². The fourth-order valence-corrected chi connectivity index (χ4v) is 3.10. The molecule has 7 heteroatoms. The maximum atomic E-state index is 11.9. The summed E-state index contributed by atoms with van der Waals surface area (Å²) in [6.45, 7) is 5.14. The summed E-state index contributed by atoms with van der Waals surface area (Å²) in [7, 11) is 1.67. The number of carbonyl (C=O) groups excluding carboxylic acids is 1. The Balaban J connectivity index is 1.81. The maximum absolute atomic E-state index is 11.9. The third kappa shape index (κ3) is 3.55. The van der Waals surface area contributed by atoms with Crippen LogP contribution < -0.4 is 15.8 Å². The van der Waals surface area contributed by atoms with Gasteiger partial charge in [0.05, 0.1) is 5.92 Å². The van der Waals surface area contributed by atoms with Gasteiger partial charge < -0.3 is 15.2 Å². The van der Waals surface area contributed by atoms with Crippen LogP contribution in [-0.4, -0.2) is 41.0 Å². The summed E-state index contributed by atoms with van der Waals surface area (Å²) in [5, 5.41) is 2.72. The molecule has 2 aromatic heterocycles. The monoisotopic (exact) mass is 341 g/mol. The van der Waals surface area contributed by atoms with Crippen LogP contribution in [0.5, 0.6) is 0 Å². The second-order valence-electron chi connectivity index (χ2n) is 6.43. The van der Waals surface area contributed by atoms with E-state index in [-0.39, 0.29) is 17.4 Å². The highest BCUT2D eigenvalue weighted by molar-refractivity contribution is 5.79. The standard InChI is InChI=1S/C18H23N5O2/c1-11-12(2)21-16(22-17(11)24)13-6-7-15(20-9-13)23-8-4-5-14(10-23)18(25)19-3/h6-7,9,14H,4-5,8,10H2,1-3H3,(H,19,25)(H,21,22,24). The van der Waals surface area contributed by atoms with Crippen LogP contribution in [0.25, 0.3) is 11.4 Å². The molecular weight excluding hydrogens is 318 g/mol. The van der Waals surface area contributed by atoms with E-state index in [0.717, 1.165) is 30.8 Å². The first-order valence-corrected chi connectivity index (χ1v) is 8.50. The quantitative estimate of drug-likeness (QED) is 0.881. The van der Waals surface area contributed by atoms with Crippen LogP contribution >= 0.6 is 0 Å². The van der Waals surface area contributed by atoms with Crippen LogP contribution in [-0.2, 0) is 4.79 Å². The second kappa shape index (κ2) is 7.04. The molecule has 3 rings (SSSR count). The van der Waals surface area contributed by atoms with Crippen molar-refractivity contribution in [1.29, 1.82) is 0 Å². The van der Waals surface area contributed by atoms with E-state index in [2.05, 4.69) is 25.2 Å². The number of nitrogens with zero attached hydrogens (tertiary/aromatic N) is 3. The summed E-state index contributed by atoms with van der Waals surface area (Å²) in [6, 6.07) is 3.82. The fourth-order valence-electron chi connectivity index (χ4n) is 3.10. The molecule has 1 saturated heterocycles.